The van der Waals surface area contributed by atoms with Gasteiger partial charge in [0.15, 0.2) is 0 Å². The van der Waals surface area contributed by atoms with Crippen LogP contribution in [0.25, 0.3) is 0 Å². The van der Waals surface area contributed by atoms with Crippen LogP contribution in [0.1, 0.15) is 26.2 Å². The third-order valence-corrected chi connectivity index (χ3v) is 3.71. The first kappa shape index (κ1) is 16.9. The van der Waals surface area contributed by atoms with Gasteiger partial charge < -0.3 is 20.7 Å². The predicted octanol–water partition coefficient (Wildman–Crippen LogP) is -0.0291. The van der Waals surface area contributed by atoms with Gasteiger partial charge in [0.25, 0.3) is 0 Å². The van der Waals surface area contributed by atoms with Crippen LogP contribution in [0.3, 0.4) is 0 Å². The zero-order chi connectivity index (χ0) is 15.1. The van der Waals surface area contributed by atoms with E-state index in [9.17, 15) is 9.59 Å². The van der Waals surface area contributed by atoms with E-state index in [-0.39, 0.29) is 30.3 Å². The largest absolute Gasteiger partial charge is 0.383 e. The van der Waals surface area contributed by atoms with Crippen molar-refractivity contribution in [3.63, 3.8) is 0 Å². The fourth-order valence-corrected chi connectivity index (χ4v) is 2.81. The number of hydrogen-bond donors (Lipinski definition) is 2. The molecule has 0 bridgehead atoms. The number of rotatable bonds is 6. The normalized spacial score (nSPS) is 26.1. The molecule has 0 aromatic carbocycles. The zero-order valence-corrected chi connectivity index (χ0v) is 12.7. The summed E-state index contributed by atoms with van der Waals surface area (Å²) in [7, 11) is 3.25. The van der Waals surface area contributed by atoms with Crippen LogP contribution < -0.4 is 11.1 Å². The highest BCUT2D eigenvalue weighted by atomic mass is 16.5. The average molecular weight is 285 g/mol. The third-order valence-electron chi connectivity index (χ3n) is 3.71. The molecule has 0 heterocycles. The number of nitrogens with two attached hydrogens (primary N) is 1. The van der Waals surface area contributed by atoms with E-state index in [1.54, 1.807) is 14.2 Å². The van der Waals surface area contributed by atoms with Crippen molar-refractivity contribution in [3.05, 3.63) is 0 Å². The number of ether oxygens (including phenoxy) is 1. The molecule has 1 aliphatic carbocycles. The fraction of sp³-hybridized carbons (Fsp3) is 0.857. The minimum atomic E-state index is -0.161. The average Bonchev–Trinajstić information content (AvgIpc) is 2.36. The molecule has 3 atom stereocenters. The third kappa shape index (κ3) is 5.46. The number of amides is 2. The van der Waals surface area contributed by atoms with E-state index in [0.717, 1.165) is 19.3 Å². The summed E-state index contributed by atoms with van der Waals surface area (Å²) in [5, 5.41) is 2.71. The Balaban J connectivity index is 2.40. The van der Waals surface area contributed by atoms with Gasteiger partial charge in [-0.3, -0.25) is 9.59 Å². The van der Waals surface area contributed by atoms with E-state index in [1.165, 1.54) is 4.90 Å². The van der Waals surface area contributed by atoms with E-state index in [2.05, 4.69) is 12.2 Å². The molecule has 0 aromatic heterocycles. The van der Waals surface area contributed by atoms with Crippen LogP contribution in [0.15, 0.2) is 0 Å². The quantitative estimate of drug-likeness (QED) is 0.671. The van der Waals surface area contributed by atoms with Gasteiger partial charge in [0.05, 0.1) is 13.2 Å². The number of carbonyl (C=O) groups excluding carboxylic acids is 2. The Kier molecular flexibility index (Phi) is 6.95. The summed E-state index contributed by atoms with van der Waals surface area (Å²) in [6, 6.07) is 0.0941. The zero-order valence-electron chi connectivity index (χ0n) is 12.7. The lowest BCUT2D eigenvalue weighted by molar-refractivity contribution is -0.139. The molecule has 3 unspecified atom stereocenters. The Morgan fingerprint density at radius 2 is 2.05 bits per heavy atom. The molecule has 0 aromatic rings. The first-order valence-corrected chi connectivity index (χ1v) is 7.20. The molecule has 0 aliphatic heterocycles. The highest BCUT2D eigenvalue weighted by molar-refractivity contribution is 5.85. The van der Waals surface area contributed by atoms with E-state index in [1.807, 2.05) is 0 Å². The molecule has 0 spiro atoms. The molecule has 1 saturated carbocycles. The topological polar surface area (TPSA) is 84.7 Å². The van der Waals surface area contributed by atoms with Crippen molar-refractivity contribution in [2.45, 2.75) is 32.2 Å². The molecule has 3 N–H and O–H groups in total. The van der Waals surface area contributed by atoms with Gasteiger partial charge in [-0.05, 0) is 25.2 Å². The second-order valence-corrected chi connectivity index (χ2v) is 5.81. The van der Waals surface area contributed by atoms with Gasteiger partial charge in [-0.1, -0.05) is 6.92 Å². The van der Waals surface area contributed by atoms with Crippen molar-refractivity contribution in [3.8, 4) is 0 Å². The van der Waals surface area contributed by atoms with Gasteiger partial charge in [-0.2, -0.15) is 0 Å². The second-order valence-electron chi connectivity index (χ2n) is 5.81. The maximum absolute atomic E-state index is 12.3. The summed E-state index contributed by atoms with van der Waals surface area (Å²) < 4.78 is 4.85. The minimum Gasteiger partial charge on any atom is -0.383 e. The van der Waals surface area contributed by atoms with Crippen molar-refractivity contribution in [1.29, 1.82) is 0 Å². The fourth-order valence-electron chi connectivity index (χ4n) is 2.81. The number of methoxy groups -OCH3 is 1. The molecule has 1 rings (SSSR count). The Morgan fingerprint density at radius 3 is 2.65 bits per heavy atom. The number of nitrogens with one attached hydrogen (secondary N) is 1. The van der Waals surface area contributed by atoms with Gasteiger partial charge >= 0.3 is 0 Å². The summed E-state index contributed by atoms with van der Waals surface area (Å²) in [5.41, 5.74) is 5.97. The maximum atomic E-state index is 12.3. The highest BCUT2D eigenvalue weighted by Gasteiger charge is 2.31. The standard InChI is InChI=1S/C14H27N3O3/c1-10-6-11(8-12(15)7-10)14(19)17(2)9-13(18)16-4-5-20-3/h10-12H,4-9,15H2,1-3H3,(H,16,18). The Labute approximate surface area is 121 Å². The van der Waals surface area contributed by atoms with Crippen LogP contribution in [0.5, 0.6) is 0 Å². The van der Waals surface area contributed by atoms with Gasteiger partial charge in [0, 0.05) is 32.7 Å². The summed E-state index contributed by atoms with van der Waals surface area (Å²) in [6.07, 6.45) is 2.56. The Bertz CT molecular complexity index is 326. The van der Waals surface area contributed by atoms with E-state index < -0.39 is 0 Å². The Morgan fingerprint density at radius 1 is 1.35 bits per heavy atom. The van der Waals surface area contributed by atoms with Crippen molar-refractivity contribution >= 4 is 11.8 Å². The lowest BCUT2D eigenvalue weighted by Crippen LogP contribution is -2.44. The van der Waals surface area contributed by atoms with Crippen LogP contribution in [0.4, 0.5) is 0 Å². The lowest BCUT2D eigenvalue weighted by atomic mass is 9.79. The molecule has 2 amide bonds. The van der Waals surface area contributed by atoms with Gasteiger partial charge in [-0.25, -0.2) is 0 Å². The molecule has 1 fully saturated rings. The smallest absolute Gasteiger partial charge is 0.239 e. The monoisotopic (exact) mass is 285 g/mol. The highest BCUT2D eigenvalue weighted by Crippen LogP contribution is 2.29. The number of nitrogens with zero attached hydrogens (tertiary/aromatic N) is 1. The molecule has 6 heteroatoms. The molecular weight excluding hydrogens is 258 g/mol. The second kappa shape index (κ2) is 8.21. The maximum Gasteiger partial charge on any atom is 0.239 e. The molecule has 20 heavy (non-hydrogen) atoms. The number of carbonyl (C=O) groups is 2. The number of hydrogen-bond acceptors (Lipinski definition) is 4. The van der Waals surface area contributed by atoms with Crippen LogP contribution >= 0.6 is 0 Å². The molecule has 116 valence electrons. The Hall–Kier alpha value is -1.14. The van der Waals surface area contributed by atoms with Crippen LogP contribution in [0, 0.1) is 11.8 Å². The predicted molar refractivity (Wildman–Crippen MR) is 77.0 cm³/mol. The van der Waals surface area contributed by atoms with E-state index in [0.29, 0.717) is 19.1 Å². The lowest BCUT2D eigenvalue weighted by Gasteiger charge is -2.32. The van der Waals surface area contributed by atoms with Gasteiger partial charge in [-0.15, -0.1) is 0 Å². The van der Waals surface area contributed by atoms with Crippen molar-refractivity contribution in [1.82, 2.24) is 10.2 Å². The van der Waals surface area contributed by atoms with Crippen molar-refractivity contribution in [2.24, 2.45) is 17.6 Å². The summed E-state index contributed by atoms with van der Waals surface area (Å²) in [4.78, 5) is 25.5. The molecule has 6 nitrogen and oxygen atoms in total. The van der Waals surface area contributed by atoms with Crippen LogP contribution in [0.2, 0.25) is 0 Å². The SMILES string of the molecule is COCCNC(=O)CN(C)C(=O)C1CC(C)CC(N)C1. The molecule has 0 radical (unpaired) electrons. The van der Waals surface area contributed by atoms with E-state index >= 15 is 0 Å². The van der Waals surface area contributed by atoms with Crippen molar-refractivity contribution in [2.75, 3.05) is 33.9 Å². The van der Waals surface area contributed by atoms with Crippen molar-refractivity contribution < 1.29 is 14.3 Å². The first-order valence-electron chi connectivity index (χ1n) is 7.20. The summed E-state index contributed by atoms with van der Waals surface area (Å²) in [5.74, 6) is 0.280. The van der Waals surface area contributed by atoms with Crippen LogP contribution in [-0.2, 0) is 14.3 Å². The molecule has 1 aliphatic rings. The van der Waals surface area contributed by atoms with Gasteiger partial charge in [0.2, 0.25) is 11.8 Å². The first-order chi connectivity index (χ1) is 9.43. The van der Waals surface area contributed by atoms with Crippen LogP contribution in [-0.4, -0.2) is 56.6 Å². The molecule has 0 saturated heterocycles. The van der Waals surface area contributed by atoms with Gasteiger partial charge in [0.1, 0.15) is 0 Å². The minimum absolute atomic E-state index is 0.0221. The molecular formula is C14H27N3O3. The summed E-state index contributed by atoms with van der Waals surface area (Å²) >= 11 is 0. The summed E-state index contributed by atoms with van der Waals surface area (Å²) in [6.45, 7) is 3.14. The number of likely N-dealkylation sites (N-methyl/N-ethyl adjacent to an activating group) is 1. The van der Waals surface area contributed by atoms with E-state index in [4.69, 9.17) is 10.5 Å².